The van der Waals surface area contributed by atoms with Crippen LogP contribution < -0.4 is 0 Å². The van der Waals surface area contributed by atoms with E-state index >= 15 is 0 Å². The Labute approximate surface area is 125 Å². The van der Waals surface area contributed by atoms with Crippen molar-refractivity contribution in [3.8, 4) is 0 Å². The Kier molecular flexibility index (Phi) is 0.711. The van der Waals surface area contributed by atoms with Crippen molar-refractivity contribution < 1.29 is 0 Å². The molecule has 8 bridgehead atoms. The lowest BCUT2D eigenvalue weighted by Crippen LogP contribution is -2.77. The van der Waals surface area contributed by atoms with Crippen molar-refractivity contribution in [2.24, 2.45) is 92.7 Å². The molecule has 21 heavy (non-hydrogen) atoms. The van der Waals surface area contributed by atoms with E-state index in [4.69, 9.17) is 0 Å². The molecule has 13 fully saturated rings. The average molecular weight is 274 g/mol. The summed E-state index contributed by atoms with van der Waals surface area (Å²) < 4.78 is 0. The molecule has 0 amide bonds. The van der Waals surface area contributed by atoms with Crippen molar-refractivity contribution in [2.75, 3.05) is 0 Å². The summed E-state index contributed by atoms with van der Waals surface area (Å²) in [7, 11) is 0. The van der Waals surface area contributed by atoms with E-state index in [1.807, 2.05) is 0 Å². The summed E-state index contributed by atoms with van der Waals surface area (Å²) in [6.45, 7) is 0. The maximum atomic E-state index is 1.78. The molecule has 13 saturated carbocycles. The molecule has 0 heterocycles. The predicted molar refractivity (Wildman–Crippen MR) is 74.7 cm³/mol. The molecular formula is C21H22. The van der Waals surface area contributed by atoms with Crippen molar-refractivity contribution in [3.05, 3.63) is 0 Å². The fourth-order valence-corrected chi connectivity index (χ4v) is 17.1. The van der Waals surface area contributed by atoms with E-state index < -0.39 is 0 Å². The largest absolute Gasteiger partial charge is 0.0493 e. The highest BCUT2D eigenvalue weighted by molar-refractivity contribution is 5.64. The van der Waals surface area contributed by atoms with E-state index in [0.29, 0.717) is 0 Å². The van der Waals surface area contributed by atoms with Gasteiger partial charge in [-0.25, -0.2) is 0 Å². The summed E-state index contributed by atoms with van der Waals surface area (Å²) in [5.74, 6) is 15.6. The minimum absolute atomic E-state index is 1.03. The second-order valence-corrected chi connectivity index (χ2v) is 11.9. The van der Waals surface area contributed by atoms with Gasteiger partial charge in [0.1, 0.15) is 0 Å². The minimum Gasteiger partial charge on any atom is -0.0493 e. The van der Waals surface area contributed by atoms with Crippen molar-refractivity contribution >= 4 is 0 Å². The lowest BCUT2D eigenvalue weighted by Gasteiger charge is -2.79. The van der Waals surface area contributed by atoms with Crippen molar-refractivity contribution in [3.63, 3.8) is 0 Å². The Bertz CT molecular complexity index is 719. The van der Waals surface area contributed by atoms with Gasteiger partial charge in [-0.15, -0.1) is 0 Å². The van der Waals surface area contributed by atoms with E-state index in [0.717, 1.165) is 21.7 Å². The summed E-state index contributed by atoms with van der Waals surface area (Å²) in [4.78, 5) is 0. The van der Waals surface area contributed by atoms with Gasteiger partial charge in [0.25, 0.3) is 0 Å². The molecule has 13 rings (SSSR count). The van der Waals surface area contributed by atoms with Crippen LogP contribution in [0.4, 0.5) is 0 Å². The van der Waals surface area contributed by atoms with Crippen LogP contribution in [-0.4, -0.2) is 0 Å². The highest BCUT2D eigenvalue weighted by Gasteiger charge is 3.18. The van der Waals surface area contributed by atoms with Gasteiger partial charge in [0.15, 0.2) is 0 Å². The van der Waals surface area contributed by atoms with Crippen LogP contribution in [0, 0.1) is 92.7 Å². The van der Waals surface area contributed by atoms with Crippen LogP contribution in [-0.2, 0) is 0 Å². The molecule has 0 N–H and O–H groups in total. The van der Waals surface area contributed by atoms with Gasteiger partial charge in [-0.1, -0.05) is 0 Å². The fraction of sp³-hybridized carbons (Fsp3) is 1.00. The molecule has 0 heteroatoms. The van der Waals surface area contributed by atoms with Crippen molar-refractivity contribution in [2.45, 2.75) is 32.1 Å². The van der Waals surface area contributed by atoms with Crippen LogP contribution in [0.2, 0.25) is 0 Å². The van der Waals surface area contributed by atoms with Crippen molar-refractivity contribution in [1.82, 2.24) is 0 Å². The molecule has 0 aromatic carbocycles. The number of rotatable bonds is 0. The Morgan fingerprint density at radius 3 is 1.05 bits per heavy atom. The summed E-state index contributed by atoms with van der Waals surface area (Å²) in [5, 5.41) is 0. The monoisotopic (exact) mass is 274 g/mol. The Morgan fingerprint density at radius 2 is 0.667 bits per heavy atom. The molecule has 16 atom stereocenters. The molecule has 0 radical (unpaired) electrons. The maximum absolute atomic E-state index is 1.78. The highest BCUT2D eigenvalue weighted by Crippen LogP contribution is 3.21. The molecule has 0 unspecified atom stereocenters. The van der Waals surface area contributed by atoms with Crippen LogP contribution in [0.3, 0.4) is 0 Å². The van der Waals surface area contributed by atoms with Crippen LogP contribution in [0.15, 0.2) is 0 Å². The van der Waals surface area contributed by atoms with Gasteiger partial charge in [0.2, 0.25) is 0 Å². The molecule has 0 saturated heterocycles. The van der Waals surface area contributed by atoms with Crippen LogP contribution in [0.25, 0.3) is 0 Å². The Hall–Kier alpha value is 0. The summed E-state index contributed by atoms with van der Waals surface area (Å²) in [5.41, 5.74) is 4.13. The minimum atomic E-state index is 1.03. The quantitative estimate of drug-likeness (QED) is 0.635. The van der Waals surface area contributed by atoms with Gasteiger partial charge in [-0.05, 0) is 125 Å². The van der Waals surface area contributed by atoms with Gasteiger partial charge in [-0.3, -0.25) is 0 Å². The molecular weight excluding hydrogens is 252 g/mol. The first-order chi connectivity index (χ1) is 10.4. The SMILES string of the molecule is C1C[C@H]2[C@H]3[C@H]4[C@@H]1[C@]15[C@H]6C[C@@H]7[C@@H]8[C@H]6[C@H]6C[C@@H]8[C@@]8([C@@H]3C[C@@H]4[C@]681)[C@@]725. The van der Waals surface area contributed by atoms with E-state index in [1.165, 1.54) is 71.0 Å². The zero-order chi connectivity index (χ0) is 12.5. The lowest BCUT2D eigenvalue weighted by molar-refractivity contribution is -0.339. The third kappa shape index (κ3) is 0.326. The highest BCUT2D eigenvalue weighted by atomic mass is 15.2. The zero-order valence-corrected chi connectivity index (χ0v) is 12.5. The third-order valence-corrected chi connectivity index (χ3v) is 14.3. The molecule has 0 aromatic rings. The van der Waals surface area contributed by atoms with Crippen LogP contribution in [0.1, 0.15) is 32.1 Å². The summed E-state index contributed by atoms with van der Waals surface area (Å²) >= 11 is 0. The average Bonchev–Trinajstić information content (AvgIpc) is 3.20. The summed E-state index contributed by atoms with van der Waals surface area (Å²) in [6, 6.07) is 0. The van der Waals surface area contributed by atoms with E-state index in [9.17, 15) is 0 Å². The van der Waals surface area contributed by atoms with Gasteiger partial charge < -0.3 is 0 Å². The molecule has 4 spiro atoms. The fourth-order valence-electron chi connectivity index (χ4n) is 17.1. The molecule has 0 nitrogen and oxygen atoms in total. The first-order valence-corrected chi connectivity index (χ1v) is 10.4. The Balaban J connectivity index is 1.55. The topological polar surface area (TPSA) is 0 Å². The van der Waals surface area contributed by atoms with Gasteiger partial charge >= 0.3 is 0 Å². The lowest BCUT2D eigenvalue weighted by atomic mass is 9.24. The molecule has 13 aliphatic rings. The van der Waals surface area contributed by atoms with Crippen LogP contribution >= 0.6 is 0 Å². The second kappa shape index (κ2) is 1.71. The molecule has 0 aliphatic heterocycles. The van der Waals surface area contributed by atoms with Gasteiger partial charge in [0, 0.05) is 0 Å². The zero-order valence-electron chi connectivity index (χ0n) is 12.5. The third-order valence-electron chi connectivity index (χ3n) is 14.3. The van der Waals surface area contributed by atoms with Gasteiger partial charge in [0.05, 0.1) is 0 Å². The maximum Gasteiger partial charge on any atom is -0.00996 e. The normalized spacial score (nSPS) is 104. The van der Waals surface area contributed by atoms with E-state index in [2.05, 4.69) is 0 Å². The predicted octanol–water partition coefficient (Wildman–Crippen LogP) is 3.43. The first-order valence-electron chi connectivity index (χ1n) is 10.4. The number of hydrogen-bond donors (Lipinski definition) is 0. The molecule has 13 aliphatic carbocycles. The van der Waals surface area contributed by atoms with Crippen molar-refractivity contribution in [1.29, 1.82) is 0 Å². The number of hydrogen-bond acceptors (Lipinski definition) is 0. The van der Waals surface area contributed by atoms with Crippen LogP contribution in [0.5, 0.6) is 0 Å². The molecule has 106 valence electrons. The first kappa shape index (κ1) is 8.74. The van der Waals surface area contributed by atoms with Gasteiger partial charge in [-0.2, -0.15) is 0 Å². The van der Waals surface area contributed by atoms with E-state index in [1.54, 1.807) is 32.1 Å². The molecule has 0 aromatic heterocycles. The summed E-state index contributed by atoms with van der Waals surface area (Å²) in [6.07, 6.45) is 8.76. The Morgan fingerprint density at radius 1 is 0.381 bits per heavy atom. The smallest absolute Gasteiger partial charge is 0.00996 e. The number of fused-ring (bicyclic) bond motifs is 1. The van der Waals surface area contributed by atoms with E-state index in [-0.39, 0.29) is 0 Å². The standard InChI is InChI=1S/C21H22/c1-2-7-15-9-3-8-14(15)6(1)18-10-4-11-17-13-5-12(16(10)17)20(8,18)21(9,13)19(7,11)18/h6-17H,1-5H2/t6-,7+,8+,9-,10+,11-,12-,13+,14+,15-,16-,17+,18-,19-,20-,21+/m1/s1. The second-order valence-electron chi connectivity index (χ2n) is 11.9.